The average molecular weight is 212 g/mol. The van der Waals surface area contributed by atoms with Crippen molar-refractivity contribution in [1.82, 2.24) is 0 Å². The van der Waals surface area contributed by atoms with E-state index < -0.39 is 17.6 Å². The first kappa shape index (κ1) is 11.4. The third-order valence-electron chi connectivity index (χ3n) is 2.22. The summed E-state index contributed by atoms with van der Waals surface area (Å²) in [5, 5.41) is 8.70. The average Bonchev–Trinajstić information content (AvgIpc) is 2.19. The number of allylic oxidation sites excluding steroid dienone is 1. The second-order valence-corrected chi connectivity index (χ2v) is 3.18. The molecule has 0 aliphatic rings. The Hall–Kier alpha value is -1.71. The van der Waals surface area contributed by atoms with Gasteiger partial charge in [-0.05, 0) is 37.6 Å². The van der Waals surface area contributed by atoms with Crippen LogP contribution in [0, 0.1) is 11.6 Å². The minimum atomic E-state index is -1.14. The Morgan fingerprint density at radius 3 is 2.40 bits per heavy atom. The van der Waals surface area contributed by atoms with Crippen molar-refractivity contribution in [3.8, 4) is 0 Å². The third-order valence-corrected chi connectivity index (χ3v) is 2.22. The van der Waals surface area contributed by atoms with E-state index in [9.17, 15) is 13.6 Å². The Labute approximate surface area is 85.9 Å². The highest BCUT2D eigenvalue weighted by molar-refractivity contribution is 5.95. The molecule has 0 saturated carbocycles. The molecular weight excluding hydrogens is 202 g/mol. The molecule has 0 unspecified atom stereocenters. The van der Waals surface area contributed by atoms with Crippen molar-refractivity contribution in [3.05, 3.63) is 41.0 Å². The van der Waals surface area contributed by atoms with Crippen LogP contribution in [0.2, 0.25) is 0 Å². The van der Waals surface area contributed by atoms with Crippen molar-refractivity contribution in [3.63, 3.8) is 0 Å². The van der Waals surface area contributed by atoms with Crippen molar-refractivity contribution in [1.29, 1.82) is 0 Å². The Bertz CT molecular complexity index is 436. The lowest BCUT2D eigenvalue weighted by Crippen LogP contribution is -2.00. The molecule has 1 aromatic carbocycles. The van der Waals surface area contributed by atoms with Gasteiger partial charge < -0.3 is 5.11 Å². The van der Waals surface area contributed by atoms with Gasteiger partial charge >= 0.3 is 5.97 Å². The quantitative estimate of drug-likeness (QED) is 0.765. The van der Waals surface area contributed by atoms with Crippen LogP contribution in [0.3, 0.4) is 0 Å². The predicted molar refractivity (Wildman–Crippen MR) is 52.3 cm³/mol. The Morgan fingerprint density at radius 2 is 1.87 bits per heavy atom. The lowest BCUT2D eigenvalue weighted by atomic mass is 10.0. The fraction of sp³-hybridized carbons (Fsp3) is 0.182. The van der Waals surface area contributed by atoms with E-state index in [1.807, 2.05) is 0 Å². The van der Waals surface area contributed by atoms with Crippen LogP contribution in [0.4, 0.5) is 8.78 Å². The number of carbonyl (C=O) groups is 1. The minimum absolute atomic E-state index is 0.000463. The van der Waals surface area contributed by atoms with Crippen molar-refractivity contribution >= 4 is 11.5 Å². The van der Waals surface area contributed by atoms with Gasteiger partial charge in [0, 0.05) is 11.1 Å². The number of carboxylic acid groups (broad SMARTS) is 1. The summed E-state index contributed by atoms with van der Waals surface area (Å²) in [6.07, 6.45) is 0. The highest BCUT2D eigenvalue weighted by Gasteiger charge is 2.11. The van der Waals surface area contributed by atoms with Gasteiger partial charge in [-0.15, -0.1) is 0 Å². The Kier molecular flexibility index (Phi) is 3.19. The van der Waals surface area contributed by atoms with Crippen LogP contribution >= 0.6 is 0 Å². The van der Waals surface area contributed by atoms with Gasteiger partial charge in [-0.25, -0.2) is 13.6 Å². The van der Waals surface area contributed by atoms with Crippen LogP contribution in [0.25, 0.3) is 5.57 Å². The maximum atomic E-state index is 13.3. The summed E-state index contributed by atoms with van der Waals surface area (Å²) in [6.45, 7) is 2.79. The van der Waals surface area contributed by atoms with Gasteiger partial charge in [-0.3, -0.25) is 0 Å². The smallest absolute Gasteiger partial charge is 0.331 e. The molecule has 80 valence electrons. The summed E-state index contributed by atoms with van der Waals surface area (Å²) in [7, 11) is 0. The molecule has 1 N–H and O–H groups in total. The zero-order valence-electron chi connectivity index (χ0n) is 8.34. The van der Waals surface area contributed by atoms with Crippen LogP contribution in [0.1, 0.15) is 19.4 Å². The number of hydrogen-bond acceptors (Lipinski definition) is 1. The number of rotatable bonds is 2. The molecule has 0 aliphatic heterocycles. The second kappa shape index (κ2) is 4.21. The van der Waals surface area contributed by atoms with E-state index in [0.717, 1.165) is 18.2 Å². The lowest BCUT2D eigenvalue weighted by molar-refractivity contribution is -0.132. The Morgan fingerprint density at radius 1 is 1.27 bits per heavy atom. The predicted octanol–water partition coefficient (Wildman–Crippen LogP) is 2.84. The first-order valence-electron chi connectivity index (χ1n) is 4.29. The molecule has 0 atom stereocenters. The highest BCUT2D eigenvalue weighted by atomic mass is 19.1. The van der Waals surface area contributed by atoms with E-state index in [1.54, 1.807) is 0 Å². The molecule has 0 spiro atoms. The molecule has 0 bridgehead atoms. The number of carboxylic acids is 1. The fourth-order valence-electron chi connectivity index (χ4n) is 1.15. The first-order chi connectivity index (χ1) is 6.93. The van der Waals surface area contributed by atoms with Crippen LogP contribution in [0.15, 0.2) is 23.8 Å². The van der Waals surface area contributed by atoms with E-state index >= 15 is 0 Å². The van der Waals surface area contributed by atoms with E-state index in [0.29, 0.717) is 0 Å². The summed E-state index contributed by atoms with van der Waals surface area (Å²) in [4.78, 5) is 10.6. The first-order valence-corrected chi connectivity index (χ1v) is 4.29. The fourth-order valence-corrected chi connectivity index (χ4v) is 1.15. The van der Waals surface area contributed by atoms with Gasteiger partial charge in [0.15, 0.2) is 0 Å². The number of benzene rings is 1. The van der Waals surface area contributed by atoms with Gasteiger partial charge in [0.05, 0.1) is 0 Å². The van der Waals surface area contributed by atoms with Crippen molar-refractivity contribution in [2.75, 3.05) is 0 Å². The second-order valence-electron chi connectivity index (χ2n) is 3.18. The van der Waals surface area contributed by atoms with E-state index in [2.05, 4.69) is 0 Å². The molecular formula is C11H10F2O2. The molecule has 0 aliphatic carbocycles. The van der Waals surface area contributed by atoms with E-state index in [1.165, 1.54) is 13.8 Å². The largest absolute Gasteiger partial charge is 0.478 e. The van der Waals surface area contributed by atoms with Crippen molar-refractivity contribution in [2.24, 2.45) is 0 Å². The lowest BCUT2D eigenvalue weighted by Gasteiger charge is -2.06. The van der Waals surface area contributed by atoms with Crippen LogP contribution in [-0.4, -0.2) is 11.1 Å². The maximum Gasteiger partial charge on any atom is 0.331 e. The summed E-state index contributed by atoms with van der Waals surface area (Å²) in [5.74, 6) is -2.37. The van der Waals surface area contributed by atoms with Gasteiger partial charge in [0.25, 0.3) is 0 Å². The third kappa shape index (κ3) is 2.40. The molecule has 0 radical (unpaired) electrons. The zero-order chi connectivity index (χ0) is 11.6. The Balaban J connectivity index is 3.33. The van der Waals surface area contributed by atoms with Gasteiger partial charge in [-0.2, -0.15) is 0 Å². The van der Waals surface area contributed by atoms with Crippen LogP contribution in [-0.2, 0) is 4.79 Å². The molecule has 4 heteroatoms. The monoisotopic (exact) mass is 212 g/mol. The SMILES string of the molecule is C/C(C(=O)O)=C(/C)c1cc(F)ccc1F. The van der Waals surface area contributed by atoms with E-state index in [4.69, 9.17) is 5.11 Å². The summed E-state index contributed by atoms with van der Waals surface area (Å²) in [5.41, 5.74) is 0.203. The summed E-state index contributed by atoms with van der Waals surface area (Å²) >= 11 is 0. The number of halogens is 2. The molecule has 15 heavy (non-hydrogen) atoms. The van der Waals surface area contributed by atoms with Gasteiger partial charge in [-0.1, -0.05) is 0 Å². The molecule has 0 heterocycles. The normalized spacial score (nSPS) is 12.3. The summed E-state index contributed by atoms with van der Waals surface area (Å²) < 4.78 is 26.1. The van der Waals surface area contributed by atoms with Crippen LogP contribution in [0.5, 0.6) is 0 Å². The topological polar surface area (TPSA) is 37.3 Å². The van der Waals surface area contributed by atoms with E-state index in [-0.39, 0.29) is 16.7 Å². The maximum absolute atomic E-state index is 13.3. The number of aliphatic carboxylic acids is 1. The van der Waals surface area contributed by atoms with Crippen LogP contribution < -0.4 is 0 Å². The molecule has 0 saturated heterocycles. The number of hydrogen-bond donors (Lipinski definition) is 1. The van der Waals surface area contributed by atoms with Gasteiger partial charge in [0.1, 0.15) is 11.6 Å². The molecule has 1 rings (SSSR count). The molecule has 2 nitrogen and oxygen atoms in total. The molecule has 0 aromatic heterocycles. The standard InChI is InChI=1S/C11H10F2O2/c1-6(7(2)11(14)15)9-5-8(12)3-4-10(9)13/h3-5H,1-2H3,(H,14,15)/b7-6+. The summed E-state index contributed by atoms with van der Waals surface area (Å²) in [6, 6.07) is 2.95. The molecule has 0 fully saturated rings. The van der Waals surface area contributed by atoms with Gasteiger partial charge in [0.2, 0.25) is 0 Å². The van der Waals surface area contributed by atoms with Crippen molar-refractivity contribution in [2.45, 2.75) is 13.8 Å². The van der Waals surface area contributed by atoms with Crippen molar-refractivity contribution < 1.29 is 18.7 Å². The minimum Gasteiger partial charge on any atom is -0.478 e. The zero-order valence-corrected chi connectivity index (χ0v) is 8.34. The molecule has 0 amide bonds. The highest BCUT2D eigenvalue weighted by Crippen LogP contribution is 2.22. The molecule has 1 aromatic rings.